The third kappa shape index (κ3) is 2.34. The first-order valence-corrected chi connectivity index (χ1v) is 7.67. The first kappa shape index (κ1) is 14.2. The summed E-state index contributed by atoms with van der Waals surface area (Å²) in [6.07, 6.45) is 3.19. The number of methoxy groups -OCH3 is 1. The van der Waals surface area contributed by atoms with Crippen LogP contribution in [0.25, 0.3) is 0 Å². The molecule has 0 amide bonds. The third-order valence-electron chi connectivity index (χ3n) is 4.58. The van der Waals surface area contributed by atoms with Gasteiger partial charge >= 0.3 is 0 Å². The lowest BCUT2D eigenvalue weighted by Crippen LogP contribution is -2.31. The molecular formula is C19H22O2. The van der Waals surface area contributed by atoms with Crippen LogP contribution in [0.1, 0.15) is 37.3 Å². The van der Waals surface area contributed by atoms with Crippen LogP contribution in [0.5, 0.6) is 11.5 Å². The molecule has 0 saturated carbocycles. The van der Waals surface area contributed by atoms with Crippen LogP contribution in [0, 0.1) is 0 Å². The van der Waals surface area contributed by atoms with Crippen molar-refractivity contribution < 1.29 is 9.47 Å². The van der Waals surface area contributed by atoms with Crippen molar-refractivity contribution in [3.63, 3.8) is 0 Å². The number of ether oxygens (including phenoxy) is 2. The Morgan fingerprint density at radius 3 is 2.05 bits per heavy atom. The van der Waals surface area contributed by atoms with E-state index in [1.54, 1.807) is 7.11 Å². The molecule has 0 radical (unpaired) electrons. The Morgan fingerprint density at radius 2 is 1.52 bits per heavy atom. The van der Waals surface area contributed by atoms with Crippen molar-refractivity contribution in [1.29, 1.82) is 0 Å². The van der Waals surface area contributed by atoms with Crippen molar-refractivity contribution in [1.82, 2.24) is 0 Å². The van der Waals surface area contributed by atoms with E-state index in [1.165, 1.54) is 11.1 Å². The van der Waals surface area contributed by atoms with Gasteiger partial charge in [0.05, 0.1) is 0 Å². The van der Waals surface area contributed by atoms with E-state index in [-0.39, 0.29) is 5.41 Å². The number of para-hydroxylation sites is 2. The summed E-state index contributed by atoms with van der Waals surface area (Å²) in [5.41, 5.74) is 2.65. The fourth-order valence-electron chi connectivity index (χ4n) is 3.51. The van der Waals surface area contributed by atoms with Crippen molar-refractivity contribution in [2.24, 2.45) is 0 Å². The van der Waals surface area contributed by atoms with Gasteiger partial charge in [0, 0.05) is 30.3 Å². The van der Waals surface area contributed by atoms with Crippen molar-refractivity contribution in [2.75, 3.05) is 13.7 Å². The monoisotopic (exact) mass is 282 g/mol. The molecule has 2 heteroatoms. The van der Waals surface area contributed by atoms with E-state index in [0.29, 0.717) is 0 Å². The van der Waals surface area contributed by atoms with Crippen LogP contribution in [0.4, 0.5) is 0 Å². The summed E-state index contributed by atoms with van der Waals surface area (Å²) in [5.74, 6) is 1.99. The second-order valence-electron chi connectivity index (χ2n) is 5.63. The number of benzene rings is 2. The van der Waals surface area contributed by atoms with E-state index in [2.05, 4.69) is 43.3 Å². The molecule has 0 saturated heterocycles. The van der Waals surface area contributed by atoms with Gasteiger partial charge < -0.3 is 9.47 Å². The first-order valence-electron chi connectivity index (χ1n) is 7.67. The molecule has 0 fully saturated rings. The zero-order valence-electron chi connectivity index (χ0n) is 12.8. The second-order valence-corrected chi connectivity index (χ2v) is 5.63. The highest BCUT2D eigenvalue weighted by molar-refractivity contribution is 5.57. The molecular weight excluding hydrogens is 260 g/mol. The summed E-state index contributed by atoms with van der Waals surface area (Å²) in [4.78, 5) is 0. The fourth-order valence-corrected chi connectivity index (χ4v) is 3.51. The highest BCUT2D eigenvalue weighted by Gasteiger charge is 2.39. The molecule has 0 aromatic heterocycles. The Labute approximate surface area is 126 Å². The van der Waals surface area contributed by atoms with E-state index >= 15 is 0 Å². The molecule has 2 aromatic rings. The predicted molar refractivity (Wildman–Crippen MR) is 85.1 cm³/mol. The normalized spacial score (nSPS) is 15.0. The summed E-state index contributed by atoms with van der Waals surface area (Å²) < 4.78 is 11.4. The highest BCUT2D eigenvalue weighted by Crippen LogP contribution is 2.51. The van der Waals surface area contributed by atoms with Gasteiger partial charge in [-0.25, -0.2) is 0 Å². The van der Waals surface area contributed by atoms with E-state index in [1.807, 2.05) is 12.1 Å². The molecule has 0 atom stereocenters. The maximum Gasteiger partial charge on any atom is 0.131 e. The molecule has 0 spiro atoms. The van der Waals surface area contributed by atoms with Crippen LogP contribution >= 0.6 is 0 Å². The third-order valence-corrected chi connectivity index (χ3v) is 4.58. The van der Waals surface area contributed by atoms with Crippen LogP contribution in [-0.4, -0.2) is 13.7 Å². The molecule has 0 N–H and O–H groups in total. The molecule has 1 aliphatic rings. The summed E-state index contributed by atoms with van der Waals surface area (Å²) in [6, 6.07) is 16.9. The fraction of sp³-hybridized carbons (Fsp3) is 0.368. The average molecular weight is 282 g/mol. The Morgan fingerprint density at radius 1 is 0.952 bits per heavy atom. The second kappa shape index (κ2) is 5.90. The number of rotatable bonds is 5. The minimum atomic E-state index is 0.0317. The number of fused-ring (bicyclic) bond motifs is 2. The quantitative estimate of drug-likeness (QED) is 0.725. The summed E-state index contributed by atoms with van der Waals surface area (Å²) in [5, 5.41) is 0. The van der Waals surface area contributed by atoms with Crippen LogP contribution in [0.2, 0.25) is 0 Å². The average Bonchev–Trinajstić information content (AvgIpc) is 2.54. The minimum Gasteiger partial charge on any atom is -0.457 e. The highest BCUT2D eigenvalue weighted by atomic mass is 16.5. The van der Waals surface area contributed by atoms with Crippen molar-refractivity contribution in [2.45, 2.75) is 31.6 Å². The van der Waals surface area contributed by atoms with Gasteiger partial charge in [-0.2, -0.15) is 0 Å². The van der Waals surface area contributed by atoms with Gasteiger partial charge in [0.15, 0.2) is 0 Å². The Kier molecular flexibility index (Phi) is 3.98. The predicted octanol–water partition coefficient (Wildman–Crippen LogP) is 4.92. The summed E-state index contributed by atoms with van der Waals surface area (Å²) >= 11 is 0. The van der Waals surface area contributed by atoms with Crippen molar-refractivity contribution in [3.05, 3.63) is 59.7 Å². The lowest BCUT2D eigenvalue weighted by molar-refractivity contribution is 0.184. The molecule has 2 nitrogen and oxygen atoms in total. The largest absolute Gasteiger partial charge is 0.457 e. The molecule has 1 heterocycles. The summed E-state index contributed by atoms with van der Waals surface area (Å²) in [6.45, 7) is 3.07. The van der Waals surface area contributed by atoms with E-state index < -0.39 is 0 Å². The zero-order valence-corrected chi connectivity index (χ0v) is 12.8. The van der Waals surface area contributed by atoms with Gasteiger partial charge in [0.2, 0.25) is 0 Å². The Bertz CT molecular complexity index is 573. The van der Waals surface area contributed by atoms with E-state index in [0.717, 1.165) is 37.4 Å². The van der Waals surface area contributed by atoms with E-state index in [9.17, 15) is 0 Å². The Balaban J connectivity index is 2.12. The maximum atomic E-state index is 6.11. The lowest BCUT2D eigenvalue weighted by atomic mass is 9.68. The van der Waals surface area contributed by atoms with Crippen molar-refractivity contribution >= 4 is 0 Å². The van der Waals surface area contributed by atoms with Gasteiger partial charge in [0.1, 0.15) is 11.5 Å². The Hall–Kier alpha value is -1.80. The first-order chi connectivity index (χ1) is 10.3. The van der Waals surface area contributed by atoms with Gasteiger partial charge in [-0.1, -0.05) is 43.3 Å². The molecule has 0 bridgehead atoms. The van der Waals surface area contributed by atoms with Crippen LogP contribution < -0.4 is 4.74 Å². The standard InChI is InChI=1S/C19H22O2/c1-3-19(13-8-14-20-2)15-9-4-6-11-17(15)21-18-12-7-5-10-16(18)19/h4-7,9-12H,3,8,13-14H2,1-2H3. The molecule has 110 valence electrons. The van der Waals surface area contributed by atoms with E-state index in [4.69, 9.17) is 9.47 Å². The lowest BCUT2D eigenvalue weighted by Gasteiger charge is -2.40. The van der Waals surface area contributed by atoms with Gasteiger partial charge in [0.25, 0.3) is 0 Å². The smallest absolute Gasteiger partial charge is 0.131 e. The van der Waals surface area contributed by atoms with Gasteiger partial charge in [-0.3, -0.25) is 0 Å². The zero-order chi connectivity index (χ0) is 14.7. The van der Waals surface area contributed by atoms with Crippen LogP contribution in [0.3, 0.4) is 0 Å². The molecule has 21 heavy (non-hydrogen) atoms. The van der Waals surface area contributed by atoms with Crippen LogP contribution in [0.15, 0.2) is 48.5 Å². The SMILES string of the molecule is CCC1(CCCOC)c2ccccc2Oc2ccccc21. The number of hydrogen-bond acceptors (Lipinski definition) is 2. The van der Waals surface area contributed by atoms with Crippen molar-refractivity contribution in [3.8, 4) is 11.5 Å². The minimum absolute atomic E-state index is 0.0317. The molecule has 0 aliphatic carbocycles. The molecule has 0 unspecified atom stereocenters. The van der Waals surface area contributed by atoms with Crippen LogP contribution in [-0.2, 0) is 10.2 Å². The van der Waals surface area contributed by atoms with Gasteiger partial charge in [-0.15, -0.1) is 0 Å². The topological polar surface area (TPSA) is 18.5 Å². The molecule has 3 rings (SSSR count). The molecule has 1 aliphatic heterocycles. The van der Waals surface area contributed by atoms with Gasteiger partial charge in [-0.05, 0) is 31.4 Å². The summed E-state index contributed by atoms with van der Waals surface area (Å²) in [7, 11) is 1.77. The maximum absolute atomic E-state index is 6.11. The number of hydrogen-bond donors (Lipinski definition) is 0. The molecule has 2 aromatic carbocycles.